The van der Waals surface area contributed by atoms with Crippen molar-refractivity contribution in [1.82, 2.24) is 50.6 Å². The Morgan fingerprint density at radius 1 is 1.00 bits per heavy atom. The molecule has 0 aliphatic rings. The van der Waals surface area contributed by atoms with Gasteiger partial charge in [-0.05, 0) is 63.6 Å². The molecule has 12 heteroatoms. The van der Waals surface area contributed by atoms with Crippen molar-refractivity contribution >= 4 is 21.6 Å². The molecule has 116 valence electrons. The van der Waals surface area contributed by atoms with E-state index in [0.717, 1.165) is 36.5 Å². The predicted molar refractivity (Wildman–Crippen MR) is 79.8 cm³/mol. The van der Waals surface area contributed by atoms with Crippen LogP contribution < -0.4 is 5.32 Å². The van der Waals surface area contributed by atoms with Crippen LogP contribution in [0.15, 0.2) is 10.3 Å². The maximum atomic E-state index is 4.02. The summed E-state index contributed by atoms with van der Waals surface area (Å²) in [5.74, 6) is 0. The van der Waals surface area contributed by atoms with E-state index in [1.807, 2.05) is 21.1 Å². The molecule has 2 aromatic rings. The lowest BCUT2D eigenvalue weighted by Gasteiger charge is -2.09. The van der Waals surface area contributed by atoms with Crippen molar-refractivity contribution in [3.63, 3.8) is 0 Å². The highest BCUT2D eigenvalue weighted by molar-refractivity contribution is 8.76. The molecule has 0 amide bonds. The van der Waals surface area contributed by atoms with E-state index < -0.39 is 0 Å². The van der Waals surface area contributed by atoms with Gasteiger partial charge >= 0.3 is 0 Å². The van der Waals surface area contributed by atoms with Gasteiger partial charge in [0.05, 0.1) is 13.1 Å². The molecule has 0 radical (unpaired) electrons. The van der Waals surface area contributed by atoms with E-state index in [1.54, 1.807) is 9.36 Å². The molecule has 0 saturated heterocycles. The zero-order valence-corrected chi connectivity index (χ0v) is 13.8. The first-order valence-electron chi connectivity index (χ1n) is 6.37. The quantitative estimate of drug-likeness (QED) is 0.590. The monoisotopic (exact) mass is 330 g/mol. The predicted octanol–water partition coefficient (Wildman–Crippen LogP) is -0.760. The number of likely N-dealkylation sites (N-methyl/N-ethyl adjacent to an activating group) is 2. The average molecular weight is 330 g/mol. The molecule has 0 fully saturated rings. The van der Waals surface area contributed by atoms with Crippen LogP contribution in [0.2, 0.25) is 0 Å². The van der Waals surface area contributed by atoms with Crippen molar-refractivity contribution < 1.29 is 0 Å². The van der Waals surface area contributed by atoms with Crippen LogP contribution in [0.1, 0.15) is 0 Å². The summed E-state index contributed by atoms with van der Waals surface area (Å²) in [5, 5.41) is 27.9. The van der Waals surface area contributed by atoms with Crippen molar-refractivity contribution in [1.29, 1.82) is 0 Å². The van der Waals surface area contributed by atoms with E-state index >= 15 is 0 Å². The van der Waals surface area contributed by atoms with Gasteiger partial charge in [0, 0.05) is 13.1 Å². The molecule has 2 aromatic heterocycles. The summed E-state index contributed by atoms with van der Waals surface area (Å²) in [6, 6.07) is 0. The summed E-state index contributed by atoms with van der Waals surface area (Å²) >= 11 is 0. The topological polar surface area (TPSA) is 102 Å². The molecule has 0 saturated carbocycles. The Labute approximate surface area is 130 Å². The fourth-order valence-electron chi connectivity index (χ4n) is 1.38. The maximum absolute atomic E-state index is 4.02. The molecular formula is C9H18N10S2. The highest BCUT2D eigenvalue weighted by Gasteiger charge is 2.12. The van der Waals surface area contributed by atoms with Gasteiger partial charge in [0.2, 0.25) is 10.3 Å². The van der Waals surface area contributed by atoms with Crippen LogP contribution in [-0.4, -0.2) is 79.5 Å². The minimum atomic E-state index is 0.720. The van der Waals surface area contributed by atoms with Crippen LogP contribution in [0.5, 0.6) is 0 Å². The maximum Gasteiger partial charge on any atom is 0.220 e. The Morgan fingerprint density at radius 2 is 1.57 bits per heavy atom. The number of nitrogens with zero attached hydrogens (tertiary/aromatic N) is 9. The number of aromatic nitrogens is 8. The van der Waals surface area contributed by atoms with E-state index in [2.05, 4.69) is 41.3 Å². The highest BCUT2D eigenvalue weighted by Crippen LogP contribution is 2.33. The van der Waals surface area contributed by atoms with Crippen LogP contribution >= 0.6 is 21.6 Å². The lowest BCUT2D eigenvalue weighted by Crippen LogP contribution is -2.19. The van der Waals surface area contributed by atoms with E-state index in [4.69, 9.17) is 0 Å². The Bertz CT molecular complexity index is 538. The minimum absolute atomic E-state index is 0.720. The molecule has 21 heavy (non-hydrogen) atoms. The first kappa shape index (κ1) is 16.1. The lowest BCUT2D eigenvalue weighted by molar-refractivity contribution is 0.361. The molecule has 0 aliphatic carbocycles. The van der Waals surface area contributed by atoms with Gasteiger partial charge < -0.3 is 10.2 Å². The van der Waals surface area contributed by atoms with Gasteiger partial charge in [-0.3, -0.25) is 0 Å². The zero-order valence-electron chi connectivity index (χ0n) is 12.2. The summed E-state index contributed by atoms with van der Waals surface area (Å²) in [6.45, 7) is 3.15. The van der Waals surface area contributed by atoms with E-state index in [9.17, 15) is 0 Å². The second-order valence-corrected chi connectivity index (χ2v) is 6.51. The molecule has 10 nitrogen and oxygen atoms in total. The molecule has 0 bridgehead atoms. The summed E-state index contributed by atoms with van der Waals surface area (Å²) in [6.07, 6.45) is 0. The minimum Gasteiger partial charge on any atom is -0.318 e. The number of rotatable bonds is 9. The zero-order chi connectivity index (χ0) is 15.1. The van der Waals surface area contributed by atoms with Gasteiger partial charge in [-0.2, -0.15) is 0 Å². The Balaban J connectivity index is 1.91. The Hall–Kier alpha value is -1.24. The van der Waals surface area contributed by atoms with Crippen molar-refractivity contribution in [2.75, 3.05) is 34.2 Å². The number of tetrazole rings is 2. The third-order valence-corrected chi connectivity index (χ3v) is 4.63. The molecular weight excluding hydrogens is 312 g/mol. The fraction of sp³-hybridized carbons (Fsp3) is 0.778. The van der Waals surface area contributed by atoms with Gasteiger partial charge in [-0.15, -0.1) is 10.2 Å². The van der Waals surface area contributed by atoms with Crippen molar-refractivity contribution in [3.05, 3.63) is 0 Å². The van der Waals surface area contributed by atoms with Crippen LogP contribution in [0, 0.1) is 0 Å². The van der Waals surface area contributed by atoms with Crippen molar-refractivity contribution in [2.45, 2.75) is 23.4 Å². The number of nitrogens with one attached hydrogen (secondary N) is 1. The normalized spacial score (nSPS) is 11.4. The molecule has 1 N–H and O–H groups in total. The molecule has 0 unspecified atom stereocenters. The summed E-state index contributed by atoms with van der Waals surface area (Å²) in [7, 11) is 8.83. The number of hydrogen-bond donors (Lipinski definition) is 1. The Morgan fingerprint density at radius 3 is 2.10 bits per heavy atom. The van der Waals surface area contributed by atoms with Crippen molar-refractivity contribution in [2.24, 2.45) is 0 Å². The smallest absolute Gasteiger partial charge is 0.220 e. The van der Waals surface area contributed by atoms with Crippen LogP contribution in [0.25, 0.3) is 0 Å². The molecule has 2 heterocycles. The standard InChI is InChI=1S/C9H18N10S2/c1-10-4-5-18-8(11-13-15-18)20-21-9-12-14-16-19(9)7-6-17(2)3/h10H,4-7H2,1-3H3. The number of hydrogen-bond acceptors (Lipinski definition) is 10. The van der Waals surface area contributed by atoms with Gasteiger partial charge in [-0.1, -0.05) is 0 Å². The first-order valence-corrected chi connectivity index (χ1v) is 8.52. The van der Waals surface area contributed by atoms with Crippen molar-refractivity contribution in [3.8, 4) is 0 Å². The molecule has 2 rings (SSSR count). The molecule has 0 aromatic carbocycles. The van der Waals surface area contributed by atoms with Gasteiger partial charge in [0.15, 0.2) is 0 Å². The van der Waals surface area contributed by atoms with Crippen LogP contribution in [-0.2, 0) is 13.1 Å². The van der Waals surface area contributed by atoms with Crippen LogP contribution in [0.4, 0.5) is 0 Å². The first-order chi connectivity index (χ1) is 10.2. The summed E-state index contributed by atoms with van der Waals surface area (Å²) in [5.41, 5.74) is 0. The third-order valence-electron chi connectivity index (χ3n) is 2.52. The van der Waals surface area contributed by atoms with Gasteiger partial charge in [-0.25, -0.2) is 9.36 Å². The lowest BCUT2D eigenvalue weighted by atomic mass is 10.6. The molecule has 0 spiro atoms. The second kappa shape index (κ2) is 8.26. The fourth-order valence-corrected chi connectivity index (χ4v) is 3.26. The summed E-state index contributed by atoms with van der Waals surface area (Å²) in [4.78, 5) is 2.08. The average Bonchev–Trinajstić information content (AvgIpc) is 3.09. The largest absolute Gasteiger partial charge is 0.318 e. The highest BCUT2D eigenvalue weighted by atomic mass is 33.1. The van der Waals surface area contributed by atoms with E-state index in [-0.39, 0.29) is 0 Å². The van der Waals surface area contributed by atoms with E-state index in [0.29, 0.717) is 0 Å². The van der Waals surface area contributed by atoms with Gasteiger partial charge in [0.25, 0.3) is 0 Å². The van der Waals surface area contributed by atoms with Gasteiger partial charge in [0.1, 0.15) is 0 Å². The molecule has 0 aliphatic heterocycles. The molecule has 0 atom stereocenters. The third kappa shape index (κ3) is 4.91. The SMILES string of the molecule is CNCCn1nnnc1SSc1nnnn1CCN(C)C. The second-order valence-electron chi connectivity index (χ2n) is 4.44. The van der Waals surface area contributed by atoms with E-state index in [1.165, 1.54) is 21.6 Å². The summed E-state index contributed by atoms with van der Waals surface area (Å²) < 4.78 is 3.53. The van der Waals surface area contributed by atoms with Crippen LogP contribution in [0.3, 0.4) is 0 Å². The Kier molecular flexibility index (Phi) is 6.35.